The van der Waals surface area contributed by atoms with Gasteiger partial charge < -0.3 is 9.84 Å². The SMILES string of the molecule is COC(=O)c1cccc(C(F)(F)F)c1C(=O)O. The number of aromatic carboxylic acids is 1. The van der Waals surface area contributed by atoms with Gasteiger partial charge in [-0.05, 0) is 12.1 Å². The van der Waals surface area contributed by atoms with Crippen LogP contribution in [0, 0.1) is 0 Å². The number of carboxylic acid groups (broad SMARTS) is 1. The lowest BCUT2D eigenvalue weighted by molar-refractivity contribution is -0.138. The van der Waals surface area contributed by atoms with E-state index in [0.717, 1.165) is 19.2 Å². The second-order valence-electron chi connectivity index (χ2n) is 3.02. The topological polar surface area (TPSA) is 63.6 Å². The van der Waals surface area contributed by atoms with Crippen LogP contribution < -0.4 is 0 Å². The van der Waals surface area contributed by atoms with E-state index in [1.165, 1.54) is 0 Å². The van der Waals surface area contributed by atoms with Crippen LogP contribution in [0.3, 0.4) is 0 Å². The molecule has 0 unspecified atom stereocenters. The maximum absolute atomic E-state index is 12.5. The van der Waals surface area contributed by atoms with Gasteiger partial charge in [0.05, 0.1) is 23.8 Å². The number of halogens is 3. The van der Waals surface area contributed by atoms with Gasteiger partial charge in [-0.2, -0.15) is 13.2 Å². The van der Waals surface area contributed by atoms with E-state index in [1.807, 2.05) is 0 Å². The molecule has 4 nitrogen and oxygen atoms in total. The van der Waals surface area contributed by atoms with Gasteiger partial charge >= 0.3 is 18.1 Å². The van der Waals surface area contributed by atoms with Gasteiger partial charge in [-0.25, -0.2) is 9.59 Å². The molecule has 0 atom stereocenters. The summed E-state index contributed by atoms with van der Waals surface area (Å²) in [6.45, 7) is 0. The fourth-order valence-corrected chi connectivity index (χ4v) is 1.30. The first-order valence-electron chi connectivity index (χ1n) is 4.31. The summed E-state index contributed by atoms with van der Waals surface area (Å²) in [5.74, 6) is -2.97. The molecule has 1 rings (SSSR count). The average Bonchev–Trinajstić information content (AvgIpc) is 2.25. The summed E-state index contributed by atoms with van der Waals surface area (Å²) in [7, 11) is 0.953. The standard InChI is InChI=1S/C10H7F3O4/c1-17-9(16)5-3-2-4-6(10(11,12)13)7(5)8(14)15/h2-4H,1H3,(H,14,15). The monoisotopic (exact) mass is 248 g/mol. The third-order valence-electron chi connectivity index (χ3n) is 1.99. The van der Waals surface area contributed by atoms with Crippen LogP contribution in [-0.4, -0.2) is 24.2 Å². The number of alkyl halides is 3. The fourth-order valence-electron chi connectivity index (χ4n) is 1.30. The number of benzene rings is 1. The number of hydrogen-bond donors (Lipinski definition) is 1. The van der Waals surface area contributed by atoms with E-state index in [-0.39, 0.29) is 0 Å². The van der Waals surface area contributed by atoms with Crippen molar-refractivity contribution in [3.05, 3.63) is 34.9 Å². The maximum Gasteiger partial charge on any atom is 0.417 e. The number of esters is 1. The Labute approximate surface area is 93.6 Å². The molecule has 0 aromatic heterocycles. The van der Waals surface area contributed by atoms with Gasteiger partial charge in [-0.1, -0.05) is 6.07 Å². The van der Waals surface area contributed by atoms with E-state index < -0.39 is 34.8 Å². The summed E-state index contributed by atoms with van der Waals surface area (Å²) in [5, 5.41) is 8.75. The summed E-state index contributed by atoms with van der Waals surface area (Å²) in [6.07, 6.45) is -4.85. The maximum atomic E-state index is 12.5. The molecule has 7 heteroatoms. The van der Waals surface area contributed by atoms with E-state index >= 15 is 0 Å². The number of rotatable bonds is 2. The Kier molecular flexibility index (Phi) is 3.40. The number of carbonyl (C=O) groups is 2. The molecule has 1 N–H and O–H groups in total. The van der Waals surface area contributed by atoms with Crippen LogP contribution in [-0.2, 0) is 10.9 Å². The zero-order valence-electron chi connectivity index (χ0n) is 8.54. The second-order valence-corrected chi connectivity index (χ2v) is 3.02. The Morgan fingerprint density at radius 3 is 2.29 bits per heavy atom. The number of ether oxygens (including phenoxy) is 1. The Morgan fingerprint density at radius 2 is 1.88 bits per heavy atom. The van der Waals surface area contributed by atoms with E-state index in [1.54, 1.807) is 0 Å². The molecule has 0 heterocycles. The summed E-state index contributed by atoms with van der Waals surface area (Å²) in [6, 6.07) is 2.50. The third kappa shape index (κ3) is 2.55. The fraction of sp³-hybridized carbons (Fsp3) is 0.200. The lowest BCUT2D eigenvalue weighted by Gasteiger charge is -2.12. The number of carbonyl (C=O) groups excluding carboxylic acids is 1. The van der Waals surface area contributed by atoms with Crippen molar-refractivity contribution >= 4 is 11.9 Å². The summed E-state index contributed by atoms with van der Waals surface area (Å²) in [4.78, 5) is 22.0. The Bertz CT molecular complexity index is 465. The van der Waals surface area contributed by atoms with Gasteiger partial charge in [0.1, 0.15) is 0 Å². The van der Waals surface area contributed by atoms with Crippen molar-refractivity contribution in [2.45, 2.75) is 6.18 Å². The van der Waals surface area contributed by atoms with Crippen LogP contribution in [0.1, 0.15) is 26.3 Å². The van der Waals surface area contributed by atoms with Gasteiger partial charge in [0.15, 0.2) is 0 Å². The van der Waals surface area contributed by atoms with Gasteiger partial charge in [-0.15, -0.1) is 0 Å². The minimum Gasteiger partial charge on any atom is -0.478 e. The van der Waals surface area contributed by atoms with Crippen LogP contribution in [0.2, 0.25) is 0 Å². The van der Waals surface area contributed by atoms with E-state index in [0.29, 0.717) is 6.07 Å². The number of carboxylic acids is 1. The van der Waals surface area contributed by atoms with E-state index in [9.17, 15) is 22.8 Å². The number of methoxy groups -OCH3 is 1. The van der Waals surface area contributed by atoms with Gasteiger partial charge in [0, 0.05) is 0 Å². The predicted octanol–water partition coefficient (Wildman–Crippen LogP) is 2.19. The lowest BCUT2D eigenvalue weighted by Crippen LogP contribution is -2.18. The molecule has 0 saturated carbocycles. The Hall–Kier alpha value is -2.05. The molecule has 92 valence electrons. The first-order valence-corrected chi connectivity index (χ1v) is 4.31. The average molecular weight is 248 g/mol. The zero-order valence-corrected chi connectivity index (χ0v) is 8.54. The molecule has 0 fully saturated rings. The highest BCUT2D eigenvalue weighted by Crippen LogP contribution is 2.33. The molecule has 0 aliphatic carbocycles. The smallest absolute Gasteiger partial charge is 0.417 e. The molecule has 0 bridgehead atoms. The highest BCUT2D eigenvalue weighted by Gasteiger charge is 2.37. The second kappa shape index (κ2) is 4.44. The van der Waals surface area contributed by atoms with Crippen molar-refractivity contribution in [3.8, 4) is 0 Å². The molecule has 1 aromatic carbocycles. The van der Waals surface area contributed by atoms with Crippen LogP contribution in [0.25, 0.3) is 0 Å². The minimum absolute atomic E-state index is 0.593. The highest BCUT2D eigenvalue weighted by molar-refractivity contribution is 6.03. The molecule has 1 aromatic rings. The molecule has 17 heavy (non-hydrogen) atoms. The summed E-state index contributed by atoms with van der Waals surface area (Å²) >= 11 is 0. The molecule has 0 aliphatic heterocycles. The van der Waals surface area contributed by atoms with Crippen molar-refractivity contribution in [2.75, 3.05) is 7.11 Å². The lowest BCUT2D eigenvalue weighted by atomic mass is 10.0. The van der Waals surface area contributed by atoms with Crippen molar-refractivity contribution in [3.63, 3.8) is 0 Å². The summed E-state index contributed by atoms with van der Waals surface area (Å²) < 4.78 is 41.8. The summed E-state index contributed by atoms with van der Waals surface area (Å²) in [5.41, 5.74) is -3.12. The van der Waals surface area contributed by atoms with Crippen molar-refractivity contribution in [1.29, 1.82) is 0 Å². The Balaban J connectivity index is 3.54. The van der Waals surface area contributed by atoms with Crippen molar-refractivity contribution < 1.29 is 32.6 Å². The first kappa shape index (κ1) is 13.0. The van der Waals surface area contributed by atoms with Crippen LogP contribution >= 0.6 is 0 Å². The Morgan fingerprint density at radius 1 is 1.29 bits per heavy atom. The van der Waals surface area contributed by atoms with Crippen molar-refractivity contribution in [2.24, 2.45) is 0 Å². The first-order chi connectivity index (χ1) is 7.79. The van der Waals surface area contributed by atoms with Gasteiger partial charge in [0.2, 0.25) is 0 Å². The number of hydrogen-bond acceptors (Lipinski definition) is 3. The van der Waals surface area contributed by atoms with Crippen LogP contribution in [0.4, 0.5) is 13.2 Å². The molecule has 0 amide bonds. The molecular formula is C10H7F3O4. The van der Waals surface area contributed by atoms with Gasteiger partial charge in [-0.3, -0.25) is 0 Å². The van der Waals surface area contributed by atoms with Gasteiger partial charge in [0.25, 0.3) is 0 Å². The molecular weight excluding hydrogens is 241 g/mol. The third-order valence-corrected chi connectivity index (χ3v) is 1.99. The van der Waals surface area contributed by atoms with Crippen LogP contribution in [0.5, 0.6) is 0 Å². The predicted molar refractivity (Wildman–Crippen MR) is 49.7 cm³/mol. The zero-order chi connectivity index (χ0) is 13.2. The highest BCUT2D eigenvalue weighted by atomic mass is 19.4. The quantitative estimate of drug-likeness (QED) is 0.815. The van der Waals surface area contributed by atoms with Crippen molar-refractivity contribution in [1.82, 2.24) is 0 Å². The minimum atomic E-state index is -4.85. The van der Waals surface area contributed by atoms with Crippen LogP contribution in [0.15, 0.2) is 18.2 Å². The molecule has 0 saturated heterocycles. The van der Waals surface area contributed by atoms with E-state index in [2.05, 4.69) is 4.74 Å². The molecule has 0 radical (unpaired) electrons. The van der Waals surface area contributed by atoms with E-state index in [4.69, 9.17) is 5.11 Å². The molecule has 0 aliphatic rings. The molecule has 0 spiro atoms. The largest absolute Gasteiger partial charge is 0.478 e. The normalized spacial score (nSPS) is 11.1.